The number of nitrogens with zero attached hydrogens (tertiary/aromatic N) is 3. The zero-order chi connectivity index (χ0) is 17.4. The van der Waals surface area contributed by atoms with Crippen LogP contribution in [0.4, 0.5) is 5.82 Å². The molecule has 0 bridgehead atoms. The summed E-state index contributed by atoms with van der Waals surface area (Å²) < 4.78 is 2.00. The molecule has 2 heterocycles. The number of aromatic amines is 1. The highest BCUT2D eigenvalue weighted by Gasteiger charge is 2.20. The Morgan fingerprint density at radius 3 is 2.92 bits per heavy atom. The predicted octanol–water partition coefficient (Wildman–Crippen LogP) is 4.48. The molecule has 3 aromatic rings. The maximum atomic E-state index is 12.7. The van der Waals surface area contributed by atoms with Crippen molar-refractivity contribution in [3.63, 3.8) is 0 Å². The zero-order valence-electron chi connectivity index (χ0n) is 14.1. The molecule has 4 rings (SSSR count). The van der Waals surface area contributed by atoms with Crippen molar-refractivity contribution >= 4 is 34.2 Å². The molecule has 130 valence electrons. The Bertz CT molecular complexity index is 923. The van der Waals surface area contributed by atoms with Crippen LogP contribution < -0.4 is 5.32 Å². The first-order chi connectivity index (χ1) is 12.1. The lowest BCUT2D eigenvalue weighted by molar-refractivity contribution is 0.102. The Balaban J connectivity index is 1.58. The monoisotopic (exact) mass is 357 g/mol. The highest BCUT2D eigenvalue weighted by Crippen LogP contribution is 2.29. The molecule has 0 saturated heterocycles. The SMILES string of the molecule is Cc1cn(C2CCCCC2)nc1NC(=O)c1n[nH]c2ccc(Cl)cc12. The molecule has 1 aliphatic rings. The summed E-state index contributed by atoms with van der Waals surface area (Å²) >= 11 is 6.04. The number of fused-ring (bicyclic) bond motifs is 1. The van der Waals surface area contributed by atoms with Crippen molar-refractivity contribution in [1.29, 1.82) is 0 Å². The summed E-state index contributed by atoms with van der Waals surface area (Å²) in [5, 5.41) is 15.7. The van der Waals surface area contributed by atoms with Crippen LogP contribution in [0.2, 0.25) is 5.02 Å². The number of benzene rings is 1. The molecular formula is C18H20ClN5O. The van der Waals surface area contributed by atoms with Gasteiger partial charge in [-0.25, -0.2) is 0 Å². The second-order valence-corrected chi connectivity index (χ2v) is 7.09. The van der Waals surface area contributed by atoms with Crippen molar-refractivity contribution in [3.05, 3.63) is 40.7 Å². The van der Waals surface area contributed by atoms with Crippen molar-refractivity contribution in [2.24, 2.45) is 0 Å². The molecule has 25 heavy (non-hydrogen) atoms. The first kappa shape index (κ1) is 16.1. The number of carbonyl (C=O) groups is 1. The van der Waals surface area contributed by atoms with E-state index in [0.717, 1.165) is 23.9 Å². The highest BCUT2D eigenvalue weighted by atomic mass is 35.5. The summed E-state index contributed by atoms with van der Waals surface area (Å²) in [7, 11) is 0. The summed E-state index contributed by atoms with van der Waals surface area (Å²) in [4.78, 5) is 12.7. The molecule has 0 radical (unpaired) electrons. The molecule has 0 atom stereocenters. The van der Waals surface area contributed by atoms with Crippen LogP contribution in [0.3, 0.4) is 0 Å². The number of hydrogen-bond acceptors (Lipinski definition) is 3. The fraction of sp³-hybridized carbons (Fsp3) is 0.389. The molecule has 6 nitrogen and oxygen atoms in total. The van der Waals surface area contributed by atoms with Gasteiger partial charge in [0.15, 0.2) is 11.5 Å². The quantitative estimate of drug-likeness (QED) is 0.725. The van der Waals surface area contributed by atoms with Crippen molar-refractivity contribution in [2.45, 2.75) is 45.1 Å². The van der Waals surface area contributed by atoms with Crippen LogP contribution in [-0.2, 0) is 0 Å². The first-order valence-electron chi connectivity index (χ1n) is 8.62. The summed E-state index contributed by atoms with van der Waals surface area (Å²) in [5.74, 6) is 0.305. The van der Waals surface area contributed by atoms with Crippen LogP contribution >= 0.6 is 11.6 Å². The number of aromatic nitrogens is 4. The third-order valence-electron chi connectivity index (χ3n) is 4.84. The number of anilines is 1. The van der Waals surface area contributed by atoms with Gasteiger partial charge < -0.3 is 5.32 Å². The van der Waals surface area contributed by atoms with E-state index >= 15 is 0 Å². The van der Waals surface area contributed by atoms with E-state index < -0.39 is 0 Å². The molecule has 2 N–H and O–H groups in total. The molecule has 1 saturated carbocycles. The van der Waals surface area contributed by atoms with Crippen LogP contribution in [0.1, 0.15) is 54.2 Å². The Morgan fingerprint density at radius 2 is 2.12 bits per heavy atom. The van der Waals surface area contributed by atoms with Gasteiger partial charge in [-0.1, -0.05) is 30.9 Å². The molecule has 1 aromatic carbocycles. The molecule has 0 unspecified atom stereocenters. The van der Waals surface area contributed by atoms with Gasteiger partial charge in [0.05, 0.1) is 11.6 Å². The molecule has 1 aliphatic carbocycles. The standard InChI is InChI=1S/C18H20ClN5O/c1-11-10-24(13-5-3-2-4-6-13)23-17(11)20-18(25)16-14-9-12(19)7-8-15(14)21-22-16/h7-10,13H,2-6H2,1H3,(H,21,22)(H,20,23,25). The third-order valence-corrected chi connectivity index (χ3v) is 5.07. The summed E-state index contributed by atoms with van der Waals surface area (Å²) in [5.41, 5.74) is 2.06. The number of carbonyl (C=O) groups excluding carboxylic acids is 1. The molecular weight excluding hydrogens is 338 g/mol. The lowest BCUT2D eigenvalue weighted by Gasteiger charge is -2.21. The number of nitrogens with one attached hydrogen (secondary N) is 2. The second kappa shape index (κ2) is 6.52. The zero-order valence-corrected chi connectivity index (χ0v) is 14.8. The van der Waals surface area contributed by atoms with Gasteiger partial charge in [-0.15, -0.1) is 0 Å². The third kappa shape index (κ3) is 3.14. The number of halogens is 1. The lowest BCUT2D eigenvalue weighted by atomic mass is 9.96. The maximum Gasteiger partial charge on any atom is 0.278 e. The summed E-state index contributed by atoms with van der Waals surface area (Å²) in [6, 6.07) is 5.75. The molecule has 1 fully saturated rings. The smallest absolute Gasteiger partial charge is 0.278 e. The molecule has 2 aromatic heterocycles. The van der Waals surface area contributed by atoms with Gasteiger partial charge in [0, 0.05) is 22.2 Å². The van der Waals surface area contributed by atoms with E-state index in [0.29, 0.717) is 28.0 Å². The van der Waals surface area contributed by atoms with Crippen molar-refractivity contribution < 1.29 is 4.79 Å². The fourth-order valence-electron chi connectivity index (χ4n) is 3.47. The molecule has 1 amide bonds. The molecule has 0 aliphatic heterocycles. The minimum absolute atomic E-state index is 0.287. The van der Waals surface area contributed by atoms with Crippen LogP contribution in [-0.4, -0.2) is 25.9 Å². The van der Waals surface area contributed by atoms with E-state index in [2.05, 4.69) is 20.6 Å². The Morgan fingerprint density at radius 1 is 1.32 bits per heavy atom. The number of rotatable bonds is 3. The number of hydrogen-bond donors (Lipinski definition) is 2. The van der Waals surface area contributed by atoms with Crippen molar-refractivity contribution in [2.75, 3.05) is 5.32 Å². The molecule has 7 heteroatoms. The maximum absolute atomic E-state index is 12.7. The Labute approximate surface area is 150 Å². The van der Waals surface area contributed by atoms with E-state index in [1.54, 1.807) is 12.1 Å². The van der Waals surface area contributed by atoms with Gasteiger partial charge in [0.2, 0.25) is 0 Å². The highest BCUT2D eigenvalue weighted by molar-refractivity contribution is 6.31. The summed E-state index contributed by atoms with van der Waals surface area (Å²) in [6.45, 7) is 1.96. The molecule has 0 spiro atoms. The van der Waals surface area contributed by atoms with Crippen molar-refractivity contribution in [3.8, 4) is 0 Å². The number of amides is 1. The first-order valence-corrected chi connectivity index (χ1v) is 9.00. The van der Waals surface area contributed by atoms with Gasteiger partial charge in [-0.05, 0) is 38.0 Å². The van der Waals surface area contributed by atoms with Crippen LogP contribution in [0.25, 0.3) is 10.9 Å². The topological polar surface area (TPSA) is 75.6 Å². The van der Waals surface area contributed by atoms with Gasteiger partial charge >= 0.3 is 0 Å². The van der Waals surface area contributed by atoms with Gasteiger partial charge in [0.25, 0.3) is 5.91 Å². The minimum Gasteiger partial charge on any atom is -0.303 e. The van der Waals surface area contributed by atoms with E-state index in [1.165, 1.54) is 19.3 Å². The van der Waals surface area contributed by atoms with E-state index in [4.69, 9.17) is 11.6 Å². The van der Waals surface area contributed by atoms with Gasteiger partial charge in [-0.2, -0.15) is 10.2 Å². The fourth-order valence-corrected chi connectivity index (χ4v) is 3.64. The van der Waals surface area contributed by atoms with E-state index in [1.807, 2.05) is 23.9 Å². The predicted molar refractivity (Wildman–Crippen MR) is 98.1 cm³/mol. The lowest BCUT2D eigenvalue weighted by Crippen LogP contribution is -2.16. The Kier molecular flexibility index (Phi) is 4.21. The van der Waals surface area contributed by atoms with Gasteiger partial charge in [-0.3, -0.25) is 14.6 Å². The van der Waals surface area contributed by atoms with Crippen LogP contribution in [0.5, 0.6) is 0 Å². The second-order valence-electron chi connectivity index (χ2n) is 6.65. The normalized spacial score (nSPS) is 15.6. The number of H-pyrrole nitrogens is 1. The van der Waals surface area contributed by atoms with E-state index in [-0.39, 0.29) is 5.91 Å². The number of aryl methyl sites for hydroxylation is 1. The van der Waals surface area contributed by atoms with Crippen LogP contribution in [0.15, 0.2) is 24.4 Å². The van der Waals surface area contributed by atoms with Crippen molar-refractivity contribution in [1.82, 2.24) is 20.0 Å². The van der Waals surface area contributed by atoms with Gasteiger partial charge in [0.1, 0.15) is 0 Å². The average molecular weight is 358 g/mol. The minimum atomic E-state index is -0.287. The summed E-state index contributed by atoms with van der Waals surface area (Å²) in [6.07, 6.45) is 8.10. The Hall–Kier alpha value is -2.34. The van der Waals surface area contributed by atoms with E-state index in [9.17, 15) is 4.79 Å². The van der Waals surface area contributed by atoms with Crippen LogP contribution in [0, 0.1) is 6.92 Å². The average Bonchev–Trinajstić information content (AvgIpc) is 3.19. The largest absolute Gasteiger partial charge is 0.303 e.